The van der Waals surface area contributed by atoms with Crippen molar-refractivity contribution in [3.05, 3.63) is 24.2 Å². The number of thioether (sulfide) groups is 1. The number of nitrogens with zero attached hydrogens (tertiary/aromatic N) is 1. The van der Waals surface area contributed by atoms with Crippen molar-refractivity contribution < 1.29 is 14.0 Å². The second kappa shape index (κ2) is 6.35. The SMILES string of the molecule is CCC(=O)N1C(C(=O)NC(C)C)CSC1c1ccoc1. The molecule has 2 unspecified atom stereocenters. The lowest BCUT2D eigenvalue weighted by molar-refractivity contribution is -0.139. The van der Waals surface area contributed by atoms with E-state index in [1.165, 1.54) is 0 Å². The van der Waals surface area contributed by atoms with E-state index < -0.39 is 6.04 Å². The number of amides is 2. The van der Waals surface area contributed by atoms with Crippen molar-refractivity contribution in [2.45, 2.75) is 44.6 Å². The Kier molecular flexibility index (Phi) is 4.75. The van der Waals surface area contributed by atoms with Gasteiger partial charge in [0.1, 0.15) is 11.4 Å². The maximum absolute atomic E-state index is 12.3. The van der Waals surface area contributed by atoms with E-state index in [1.54, 1.807) is 29.2 Å². The van der Waals surface area contributed by atoms with E-state index in [4.69, 9.17) is 4.42 Å². The van der Waals surface area contributed by atoms with Crippen molar-refractivity contribution in [3.63, 3.8) is 0 Å². The van der Waals surface area contributed by atoms with Crippen molar-refractivity contribution in [1.82, 2.24) is 10.2 Å². The van der Waals surface area contributed by atoms with Crippen LogP contribution in [0.15, 0.2) is 23.0 Å². The molecule has 1 aliphatic heterocycles. The first-order chi connectivity index (χ1) is 9.54. The van der Waals surface area contributed by atoms with Gasteiger partial charge in [-0.2, -0.15) is 0 Å². The molecular formula is C14H20N2O3S. The van der Waals surface area contributed by atoms with Crippen molar-refractivity contribution in [3.8, 4) is 0 Å². The van der Waals surface area contributed by atoms with Crippen molar-refractivity contribution in [1.29, 1.82) is 0 Å². The molecule has 2 heterocycles. The maximum Gasteiger partial charge on any atom is 0.243 e. The van der Waals surface area contributed by atoms with Gasteiger partial charge in [-0.1, -0.05) is 6.92 Å². The first-order valence-electron chi connectivity index (χ1n) is 6.79. The van der Waals surface area contributed by atoms with Gasteiger partial charge in [0.2, 0.25) is 11.8 Å². The molecule has 5 nitrogen and oxygen atoms in total. The van der Waals surface area contributed by atoms with Crippen LogP contribution in [0.5, 0.6) is 0 Å². The number of hydrogen-bond donors (Lipinski definition) is 1. The van der Waals surface area contributed by atoms with Gasteiger partial charge in [-0.05, 0) is 19.9 Å². The lowest BCUT2D eigenvalue weighted by atomic mass is 10.2. The minimum Gasteiger partial charge on any atom is -0.472 e. The summed E-state index contributed by atoms with van der Waals surface area (Å²) in [4.78, 5) is 26.2. The van der Waals surface area contributed by atoms with E-state index in [1.807, 2.05) is 26.8 Å². The second-order valence-corrected chi connectivity index (χ2v) is 6.19. The third kappa shape index (κ3) is 3.00. The molecule has 1 aromatic heterocycles. The van der Waals surface area contributed by atoms with Crippen LogP contribution in [0, 0.1) is 0 Å². The number of carbonyl (C=O) groups excluding carboxylic acids is 2. The Morgan fingerprint density at radius 3 is 2.85 bits per heavy atom. The third-order valence-electron chi connectivity index (χ3n) is 3.15. The van der Waals surface area contributed by atoms with Crippen molar-refractivity contribution >= 4 is 23.6 Å². The van der Waals surface area contributed by atoms with Crippen LogP contribution in [0.1, 0.15) is 38.1 Å². The summed E-state index contributed by atoms with van der Waals surface area (Å²) in [5, 5.41) is 2.75. The molecule has 110 valence electrons. The molecule has 0 bridgehead atoms. The van der Waals surface area contributed by atoms with E-state index in [9.17, 15) is 9.59 Å². The highest BCUT2D eigenvalue weighted by atomic mass is 32.2. The third-order valence-corrected chi connectivity index (χ3v) is 4.48. The highest BCUT2D eigenvalue weighted by Gasteiger charge is 2.41. The zero-order valence-corrected chi connectivity index (χ0v) is 12.8. The van der Waals surface area contributed by atoms with E-state index in [2.05, 4.69) is 5.32 Å². The topological polar surface area (TPSA) is 62.6 Å². The molecule has 0 radical (unpaired) electrons. The Morgan fingerprint density at radius 2 is 2.30 bits per heavy atom. The lowest BCUT2D eigenvalue weighted by Crippen LogP contribution is -2.49. The summed E-state index contributed by atoms with van der Waals surface area (Å²) in [5.41, 5.74) is 0.927. The van der Waals surface area contributed by atoms with Crippen molar-refractivity contribution in [2.24, 2.45) is 0 Å². The molecule has 20 heavy (non-hydrogen) atoms. The van der Waals surface area contributed by atoms with Crippen LogP contribution < -0.4 is 5.32 Å². The average molecular weight is 296 g/mol. The number of nitrogens with one attached hydrogen (secondary N) is 1. The molecule has 0 spiro atoms. The Hall–Kier alpha value is -1.43. The van der Waals surface area contributed by atoms with Crippen LogP contribution >= 0.6 is 11.8 Å². The van der Waals surface area contributed by atoms with Crippen LogP contribution in [0.4, 0.5) is 0 Å². The van der Waals surface area contributed by atoms with E-state index in [0.29, 0.717) is 12.2 Å². The Bertz CT molecular complexity index is 473. The van der Waals surface area contributed by atoms with Crippen LogP contribution in [-0.2, 0) is 9.59 Å². The van der Waals surface area contributed by atoms with Gasteiger partial charge in [0, 0.05) is 23.8 Å². The fraction of sp³-hybridized carbons (Fsp3) is 0.571. The number of hydrogen-bond acceptors (Lipinski definition) is 4. The Morgan fingerprint density at radius 1 is 1.55 bits per heavy atom. The predicted octanol–water partition coefficient (Wildman–Crippen LogP) is 2.16. The molecule has 2 amide bonds. The summed E-state index contributed by atoms with van der Waals surface area (Å²) in [6, 6.07) is 1.50. The first-order valence-corrected chi connectivity index (χ1v) is 7.84. The molecule has 0 aromatic carbocycles. The smallest absolute Gasteiger partial charge is 0.243 e. The second-order valence-electron chi connectivity index (χ2n) is 5.08. The number of furan rings is 1. The number of rotatable bonds is 4. The fourth-order valence-corrected chi connectivity index (χ4v) is 3.68. The lowest BCUT2D eigenvalue weighted by Gasteiger charge is -2.28. The normalized spacial score (nSPS) is 22.3. The maximum atomic E-state index is 12.3. The molecular weight excluding hydrogens is 276 g/mol. The fourth-order valence-electron chi connectivity index (χ4n) is 2.25. The minimum absolute atomic E-state index is 0.00916. The van der Waals surface area contributed by atoms with Gasteiger partial charge in [0.25, 0.3) is 0 Å². The highest BCUT2D eigenvalue weighted by Crippen LogP contribution is 2.41. The van der Waals surface area contributed by atoms with Gasteiger partial charge in [-0.3, -0.25) is 9.59 Å². The largest absolute Gasteiger partial charge is 0.472 e. The summed E-state index contributed by atoms with van der Waals surface area (Å²) in [6.45, 7) is 5.65. The standard InChI is InChI=1S/C14H20N2O3S/c1-4-12(17)16-11(13(18)15-9(2)3)8-20-14(16)10-5-6-19-7-10/h5-7,9,11,14H,4,8H2,1-3H3,(H,15,18). The summed E-state index contributed by atoms with van der Waals surface area (Å²) in [7, 11) is 0. The van der Waals surface area contributed by atoms with Crippen LogP contribution in [0.3, 0.4) is 0 Å². The van der Waals surface area contributed by atoms with Crippen molar-refractivity contribution in [2.75, 3.05) is 5.75 Å². The minimum atomic E-state index is -0.408. The van der Waals surface area contributed by atoms with Crippen LogP contribution in [-0.4, -0.2) is 34.6 Å². The van der Waals surface area contributed by atoms with Gasteiger partial charge < -0.3 is 14.6 Å². The van der Waals surface area contributed by atoms with Gasteiger partial charge in [-0.25, -0.2) is 0 Å². The van der Waals surface area contributed by atoms with Gasteiger partial charge >= 0.3 is 0 Å². The molecule has 6 heteroatoms. The van der Waals surface area contributed by atoms with Gasteiger partial charge in [0.15, 0.2) is 0 Å². The summed E-state index contributed by atoms with van der Waals surface area (Å²) >= 11 is 1.60. The summed E-state index contributed by atoms with van der Waals surface area (Å²) in [6.07, 6.45) is 3.61. The monoisotopic (exact) mass is 296 g/mol. The molecule has 0 saturated carbocycles. The highest BCUT2D eigenvalue weighted by molar-refractivity contribution is 7.99. The van der Waals surface area contributed by atoms with Crippen LogP contribution in [0.2, 0.25) is 0 Å². The van der Waals surface area contributed by atoms with E-state index in [0.717, 1.165) is 5.56 Å². The molecule has 0 aliphatic carbocycles. The predicted molar refractivity (Wildman–Crippen MR) is 78.1 cm³/mol. The van der Waals surface area contributed by atoms with Gasteiger partial charge in [0.05, 0.1) is 12.5 Å². The molecule has 1 aromatic rings. The quantitative estimate of drug-likeness (QED) is 0.925. The zero-order valence-electron chi connectivity index (χ0n) is 12.0. The summed E-state index contributed by atoms with van der Waals surface area (Å²) in [5.74, 6) is 0.519. The van der Waals surface area contributed by atoms with E-state index >= 15 is 0 Å². The summed E-state index contributed by atoms with van der Waals surface area (Å²) < 4.78 is 5.10. The first kappa shape index (κ1) is 15.0. The Labute approximate surface area is 123 Å². The Balaban J connectivity index is 2.21. The average Bonchev–Trinajstić information content (AvgIpc) is 3.05. The molecule has 1 aliphatic rings. The molecule has 2 atom stereocenters. The zero-order chi connectivity index (χ0) is 14.7. The van der Waals surface area contributed by atoms with E-state index in [-0.39, 0.29) is 23.2 Å². The van der Waals surface area contributed by atoms with Crippen LogP contribution in [0.25, 0.3) is 0 Å². The van der Waals surface area contributed by atoms with Gasteiger partial charge in [-0.15, -0.1) is 11.8 Å². The molecule has 1 N–H and O–H groups in total. The molecule has 1 fully saturated rings. The molecule has 2 rings (SSSR count). The number of carbonyl (C=O) groups is 2. The molecule has 1 saturated heterocycles.